The third-order valence-corrected chi connectivity index (χ3v) is 4.38. The topological polar surface area (TPSA) is 84.2 Å². The molecular formula is C18H22FN3O3. The van der Waals surface area contributed by atoms with Crippen LogP contribution in [0, 0.1) is 11.7 Å². The summed E-state index contributed by atoms with van der Waals surface area (Å²) in [7, 11) is 0. The van der Waals surface area contributed by atoms with E-state index in [1.54, 1.807) is 6.92 Å². The molecule has 0 bridgehead atoms. The van der Waals surface area contributed by atoms with Crippen molar-refractivity contribution in [3.63, 3.8) is 0 Å². The molecule has 2 unspecified atom stereocenters. The average molecular weight is 347 g/mol. The van der Waals surface area contributed by atoms with Gasteiger partial charge in [0.1, 0.15) is 11.5 Å². The van der Waals surface area contributed by atoms with Gasteiger partial charge in [0, 0.05) is 12.6 Å². The minimum absolute atomic E-state index is 0.00827. The van der Waals surface area contributed by atoms with Crippen LogP contribution in [-0.2, 0) is 0 Å². The molecule has 1 amide bonds. The SMILES string of the molecule is CCC(C)C(C)(O)CNC(=O)c1ccc(=O)n(-c2ccc(F)cc2)n1. The van der Waals surface area contributed by atoms with E-state index in [1.807, 2.05) is 13.8 Å². The van der Waals surface area contributed by atoms with Crippen LogP contribution in [0.4, 0.5) is 4.39 Å². The van der Waals surface area contributed by atoms with E-state index in [0.29, 0.717) is 5.69 Å². The summed E-state index contributed by atoms with van der Waals surface area (Å²) >= 11 is 0. The zero-order chi connectivity index (χ0) is 18.6. The molecule has 0 aliphatic heterocycles. The summed E-state index contributed by atoms with van der Waals surface area (Å²) in [5.41, 5.74) is -1.10. The van der Waals surface area contributed by atoms with Crippen molar-refractivity contribution in [3.05, 3.63) is 58.3 Å². The van der Waals surface area contributed by atoms with E-state index < -0.39 is 22.9 Å². The Kier molecular flexibility index (Phi) is 5.69. The fraction of sp³-hybridized carbons (Fsp3) is 0.389. The predicted octanol–water partition coefficient (Wildman–Crippen LogP) is 1.90. The molecule has 2 rings (SSSR count). The third-order valence-electron chi connectivity index (χ3n) is 4.38. The molecule has 1 heterocycles. The van der Waals surface area contributed by atoms with Crippen molar-refractivity contribution < 1.29 is 14.3 Å². The van der Waals surface area contributed by atoms with E-state index in [1.165, 1.54) is 36.4 Å². The highest BCUT2D eigenvalue weighted by Crippen LogP contribution is 2.18. The maximum absolute atomic E-state index is 13.0. The Morgan fingerprint density at radius 2 is 1.96 bits per heavy atom. The normalized spacial score (nSPS) is 14.6. The number of aliphatic hydroxyl groups is 1. The molecule has 1 aromatic carbocycles. The van der Waals surface area contributed by atoms with Gasteiger partial charge in [-0.05, 0) is 43.2 Å². The zero-order valence-corrected chi connectivity index (χ0v) is 14.5. The summed E-state index contributed by atoms with van der Waals surface area (Å²) in [5.74, 6) is -0.925. The summed E-state index contributed by atoms with van der Waals surface area (Å²) in [6.07, 6.45) is 0.774. The van der Waals surface area contributed by atoms with Gasteiger partial charge < -0.3 is 10.4 Å². The van der Waals surface area contributed by atoms with E-state index in [0.717, 1.165) is 11.1 Å². The Morgan fingerprint density at radius 1 is 1.32 bits per heavy atom. The molecule has 0 spiro atoms. The first-order valence-corrected chi connectivity index (χ1v) is 8.11. The van der Waals surface area contributed by atoms with Gasteiger partial charge in [-0.1, -0.05) is 20.3 Å². The second kappa shape index (κ2) is 7.57. The first kappa shape index (κ1) is 18.8. The molecule has 2 atom stereocenters. The van der Waals surface area contributed by atoms with Gasteiger partial charge in [-0.3, -0.25) is 9.59 Å². The number of amides is 1. The molecular weight excluding hydrogens is 325 g/mol. The number of carbonyl (C=O) groups excluding carboxylic acids is 1. The molecule has 2 N–H and O–H groups in total. The second-order valence-electron chi connectivity index (χ2n) is 6.29. The number of nitrogens with one attached hydrogen (secondary N) is 1. The lowest BCUT2D eigenvalue weighted by Crippen LogP contribution is -2.45. The molecule has 25 heavy (non-hydrogen) atoms. The maximum Gasteiger partial charge on any atom is 0.271 e. The highest BCUT2D eigenvalue weighted by molar-refractivity contribution is 5.92. The van der Waals surface area contributed by atoms with Crippen molar-refractivity contribution in [1.82, 2.24) is 15.1 Å². The number of aromatic nitrogens is 2. The molecule has 134 valence electrons. The molecule has 0 saturated heterocycles. The van der Waals surface area contributed by atoms with Crippen LogP contribution in [-0.4, -0.2) is 32.9 Å². The Balaban J connectivity index is 2.20. The van der Waals surface area contributed by atoms with Gasteiger partial charge in [0.15, 0.2) is 0 Å². The highest BCUT2D eigenvalue weighted by atomic mass is 19.1. The van der Waals surface area contributed by atoms with Crippen LogP contribution in [0.15, 0.2) is 41.2 Å². The smallest absolute Gasteiger partial charge is 0.271 e. The number of hydrogen-bond donors (Lipinski definition) is 2. The Morgan fingerprint density at radius 3 is 2.56 bits per heavy atom. The van der Waals surface area contributed by atoms with Gasteiger partial charge in [-0.25, -0.2) is 4.39 Å². The first-order chi connectivity index (χ1) is 11.7. The lowest BCUT2D eigenvalue weighted by Gasteiger charge is -2.29. The van der Waals surface area contributed by atoms with Gasteiger partial charge in [0.05, 0.1) is 11.3 Å². The molecule has 1 aromatic heterocycles. The van der Waals surface area contributed by atoms with Crippen molar-refractivity contribution in [3.8, 4) is 5.69 Å². The number of halogens is 1. The lowest BCUT2D eigenvalue weighted by atomic mass is 9.88. The van der Waals surface area contributed by atoms with E-state index in [9.17, 15) is 19.1 Å². The van der Waals surface area contributed by atoms with Gasteiger partial charge >= 0.3 is 0 Å². The van der Waals surface area contributed by atoms with E-state index in [-0.39, 0.29) is 18.2 Å². The predicted molar refractivity (Wildman–Crippen MR) is 92.2 cm³/mol. The molecule has 0 radical (unpaired) electrons. The summed E-state index contributed by atoms with van der Waals surface area (Å²) in [6.45, 7) is 5.59. The number of benzene rings is 1. The molecule has 0 aliphatic rings. The fourth-order valence-corrected chi connectivity index (χ4v) is 2.26. The Labute approximate surface area is 145 Å². The molecule has 0 aliphatic carbocycles. The summed E-state index contributed by atoms with van der Waals surface area (Å²) in [4.78, 5) is 24.3. The highest BCUT2D eigenvalue weighted by Gasteiger charge is 2.27. The largest absolute Gasteiger partial charge is 0.388 e. The third kappa shape index (κ3) is 4.51. The molecule has 0 saturated carbocycles. The maximum atomic E-state index is 13.0. The monoisotopic (exact) mass is 347 g/mol. The van der Waals surface area contributed by atoms with Crippen LogP contribution in [0.3, 0.4) is 0 Å². The minimum Gasteiger partial charge on any atom is -0.388 e. The molecule has 7 heteroatoms. The van der Waals surface area contributed by atoms with E-state index >= 15 is 0 Å². The fourth-order valence-electron chi connectivity index (χ4n) is 2.26. The summed E-state index contributed by atoms with van der Waals surface area (Å²) in [5, 5.41) is 17.0. The molecule has 0 fully saturated rings. The van der Waals surface area contributed by atoms with Crippen LogP contribution in [0.1, 0.15) is 37.7 Å². The van der Waals surface area contributed by atoms with Crippen molar-refractivity contribution in [1.29, 1.82) is 0 Å². The van der Waals surface area contributed by atoms with Crippen LogP contribution in [0.25, 0.3) is 5.69 Å². The van der Waals surface area contributed by atoms with Crippen molar-refractivity contribution in [2.45, 2.75) is 32.8 Å². The summed E-state index contributed by atoms with van der Waals surface area (Å²) < 4.78 is 14.1. The second-order valence-corrected chi connectivity index (χ2v) is 6.29. The Hall–Kier alpha value is -2.54. The van der Waals surface area contributed by atoms with Crippen molar-refractivity contribution in [2.24, 2.45) is 5.92 Å². The van der Waals surface area contributed by atoms with Crippen molar-refractivity contribution in [2.75, 3.05) is 6.54 Å². The average Bonchev–Trinajstić information content (AvgIpc) is 2.60. The quantitative estimate of drug-likeness (QED) is 0.836. The standard InChI is InChI=1S/C18H22FN3O3/c1-4-12(2)18(3,25)11-20-17(24)15-9-10-16(23)22(21-15)14-7-5-13(19)6-8-14/h5-10,12,25H,4,11H2,1-3H3,(H,20,24). The van der Waals surface area contributed by atoms with E-state index in [2.05, 4.69) is 10.4 Å². The van der Waals surface area contributed by atoms with Crippen molar-refractivity contribution >= 4 is 5.91 Å². The van der Waals surface area contributed by atoms with Gasteiger partial charge in [-0.2, -0.15) is 9.78 Å². The molecule has 2 aromatic rings. The summed E-state index contributed by atoms with van der Waals surface area (Å²) in [6, 6.07) is 7.76. The number of carbonyl (C=O) groups is 1. The van der Waals surface area contributed by atoms with Crippen LogP contribution >= 0.6 is 0 Å². The minimum atomic E-state index is -1.05. The van der Waals surface area contributed by atoms with Gasteiger partial charge in [-0.15, -0.1) is 0 Å². The van der Waals surface area contributed by atoms with Crippen LogP contribution < -0.4 is 10.9 Å². The Bertz CT molecular complexity index is 800. The van der Waals surface area contributed by atoms with Gasteiger partial charge in [0.2, 0.25) is 0 Å². The number of nitrogens with zero attached hydrogens (tertiary/aromatic N) is 2. The van der Waals surface area contributed by atoms with Crippen LogP contribution in [0.5, 0.6) is 0 Å². The van der Waals surface area contributed by atoms with Gasteiger partial charge in [0.25, 0.3) is 11.5 Å². The van der Waals surface area contributed by atoms with E-state index in [4.69, 9.17) is 0 Å². The number of hydrogen-bond acceptors (Lipinski definition) is 4. The molecule has 6 nitrogen and oxygen atoms in total. The number of rotatable bonds is 6. The first-order valence-electron chi connectivity index (χ1n) is 8.11. The zero-order valence-electron chi connectivity index (χ0n) is 14.5. The lowest BCUT2D eigenvalue weighted by molar-refractivity contribution is 0.00586. The van der Waals surface area contributed by atoms with Crippen LogP contribution in [0.2, 0.25) is 0 Å².